The number of carbonyl (C=O) groups excluding carboxylic acids is 2. The summed E-state index contributed by atoms with van der Waals surface area (Å²) in [7, 11) is 3.10. The van der Waals surface area contributed by atoms with Crippen LogP contribution in [0.5, 0.6) is 11.8 Å². The van der Waals surface area contributed by atoms with Crippen molar-refractivity contribution in [1.29, 1.82) is 0 Å². The van der Waals surface area contributed by atoms with Gasteiger partial charge in [0.2, 0.25) is 23.6 Å². The number of carbonyl (C=O) groups is 2. The zero-order valence-corrected chi connectivity index (χ0v) is 28.1. The number of benzene rings is 2. The molecular formula is C34H36Cl2N8O4. The fourth-order valence-electron chi connectivity index (χ4n) is 5.95. The van der Waals surface area contributed by atoms with Gasteiger partial charge in [0.05, 0.1) is 48.0 Å². The molecule has 1 unspecified atom stereocenters. The van der Waals surface area contributed by atoms with Crippen molar-refractivity contribution in [3.63, 3.8) is 0 Å². The van der Waals surface area contributed by atoms with Crippen LogP contribution in [0.1, 0.15) is 37.1 Å². The highest BCUT2D eigenvalue weighted by Gasteiger charge is 2.33. The van der Waals surface area contributed by atoms with Gasteiger partial charge in [0.1, 0.15) is 11.4 Å². The van der Waals surface area contributed by atoms with Gasteiger partial charge >= 0.3 is 0 Å². The molecule has 2 aromatic heterocycles. The maximum absolute atomic E-state index is 11.5. The lowest BCUT2D eigenvalue weighted by Gasteiger charge is -2.33. The van der Waals surface area contributed by atoms with Crippen LogP contribution in [-0.2, 0) is 22.7 Å². The molecule has 0 spiro atoms. The molecule has 2 aliphatic rings. The van der Waals surface area contributed by atoms with Crippen LogP contribution in [0, 0.1) is 5.92 Å². The Morgan fingerprint density at radius 3 is 1.94 bits per heavy atom. The van der Waals surface area contributed by atoms with E-state index in [-0.39, 0.29) is 29.8 Å². The largest absolute Gasteiger partial charge is 0.480 e. The van der Waals surface area contributed by atoms with Gasteiger partial charge in [-0.3, -0.25) is 19.6 Å². The van der Waals surface area contributed by atoms with Crippen molar-refractivity contribution in [2.24, 2.45) is 11.7 Å². The van der Waals surface area contributed by atoms with Crippen molar-refractivity contribution in [3.05, 3.63) is 70.2 Å². The van der Waals surface area contributed by atoms with Gasteiger partial charge in [-0.15, -0.1) is 0 Å². The lowest BCUT2D eigenvalue weighted by atomic mass is 9.80. The van der Waals surface area contributed by atoms with Gasteiger partial charge in [-0.2, -0.15) is 0 Å². The van der Waals surface area contributed by atoms with Crippen LogP contribution in [0.3, 0.4) is 0 Å². The molecule has 2 fully saturated rings. The van der Waals surface area contributed by atoms with Gasteiger partial charge in [-0.05, 0) is 19.3 Å². The van der Waals surface area contributed by atoms with Crippen LogP contribution in [0.4, 0.5) is 0 Å². The normalized spacial score (nSPS) is 18.7. The summed E-state index contributed by atoms with van der Waals surface area (Å²) in [6.45, 7) is 1.50. The topological polar surface area (TPSA) is 166 Å². The summed E-state index contributed by atoms with van der Waals surface area (Å²) in [5.41, 5.74) is 10.5. The van der Waals surface area contributed by atoms with Crippen molar-refractivity contribution in [2.45, 2.75) is 50.9 Å². The number of rotatable bonds is 13. The molecule has 12 nitrogen and oxygen atoms in total. The van der Waals surface area contributed by atoms with E-state index in [1.54, 1.807) is 26.6 Å². The smallest absolute Gasteiger partial charge is 0.237 e. The fourth-order valence-corrected chi connectivity index (χ4v) is 6.60. The lowest BCUT2D eigenvalue weighted by Crippen LogP contribution is -2.46. The van der Waals surface area contributed by atoms with Gasteiger partial charge in [0, 0.05) is 66.3 Å². The third-order valence-electron chi connectivity index (χ3n) is 8.72. The van der Waals surface area contributed by atoms with E-state index < -0.39 is 0 Å². The van der Waals surface area contributed by atoms with Crippen LogP contribution in [0.2, 0.25) is 10.0 Å². The molecule has 1 aliphatic heterocycles. The summed E-state index contributed by atoms with van der Waals surface area (Å²) < 4.78 is 11.1. The number of nitrogens with zero attached hydrogens (tertiary/aromatic N) is 4. The summed E-state index contributed by atoms with van der Waals surface area (Å²) in [4.78, 5) is 41.5. The van der Waals surface area contributed by atoms with Crippen molar-refractivity contribution >= 4 is 35.0 Å². The van der Waals surface area contributed by atoms with E-state index in [2.05, 4.69) is 25.9 Å². The van der Waals surface area contributed by atoms with E-state index in [4.69, 9.17) is 48.4 Å². The number of nitrogens with two attached hydrogens (primary N) is 1. The number of ether oxygens (including phenoxy) is 2. The first-order valence-electron chi connectivity index (χ1n) is 15.7. The quantitative estimate of drug-likeness (QED) is 0.159. The second-order valence-electron chi connectivity index (χ2n) is 11.8. The average molecular weight is 692 g/mol. The molecule has 48 heavy (non-hydrogen) atoms. The van der Waals surface area contributed by atoms with Crippen molar-refractivity contribution in [2.75, 3.05) is 20.8 Å². The average Bonchev–Trinajstić information content (AvgIpc) is 3.49. The van der Waals surface area contributed by atoms with Gasteiger partial charge in [0.15, 0.2) is 0 Å². The second kappa shape index (κ2) is 14.8. The second-order valence-corrected chi connectivity index (χ2v) is 12.6. The molecule has 4 aromatic rings. The highest BCUT2D eigenvalue weighted by molar-refractivity contribution is 6.39. The van der Waals surface area contributed by atoms with Gasteiger partial charge in [0.25, 0.3) is 0 Å². The van der Waals surface area contributed by atoms with Crippen molar-refractivity contribution < 1.29 is 19.1 Å². The lowest BCUT2D eigenvalue weighted by molar-refractivity contribution is -0.125. The number of halogens is 2. The summed E-state index contributed by atoms with van der Waals surface area (Å²) in [6.07, 6.45) is 6.11. The van der Waals surface area contributed by atoms with Crippen LogP contribution < -0.4 is 31.2 Å². The van der Waals surface area contributed by atoms with E-state index in [0.29, 0.717) is 106 Å². The molecule has 1 aliphatic carbocycles. The molecule has 2 amide bonds. The number of hydrogen-bond donors (Lipinski definition) is 4. The SMILES string of the molecule is COc1nc(-c2cccc(-c3cccc(-c4cnc(CNC5CC(C(N)=O)C5)c(OC)n4)c3Cl)c2Cl)cnc1CNCC1CCC(=O)N1. The van der Waals surface area contributed by atoms with Crippen LogP contribution in [-0.4, -0.2) is 64.6 Å². The highest BCUT2D eigenvalue weighted by Crippen LogP contribution is 2.42. The minimum Gasteiger partial charge on any atom is -0.480 e. The van der Waals surface area contributed by atoms with E-state index in [1.807, 2.05) is 36.4 Å². The zero-order valence-electron chi connectivity index (χ0n) is 26.6. The molecular weight excluding hydrogens is 655 g/mol. The Bertz CT molecular complexity index is 1840. The number of amides is 2. The standard InChI is InChI=1S/C34H36Cl2N8O4/c1-47-33-27(14-38-13-19-9-10-29(45)42-19)40-15-25(43-33)23-7-3-5-21(30(23)35)22-6-4-8-24(31(22)36)26-16-41-28(34(44-26)48-2)17-39-20-11-18(12-20)32(37)46/h3-8,15-16,18-20,38-39H,9-14,17H2,1-2H3,(H2,37,46)(H,42,45). The van der Waals surface area contributed by atoms with Crippen LogP contribution >= 0.6 is 23.2 Å². The van der Waals surface area contributed by atoms with Crippen molar-refractivity contribution in [1.82, 2.24) is 35.9 Å². The Kier molecular flexibility index (Phi) is 10.4. The Hall–Kier alpha value is -4.36. The fraction of sp³-hybridized carbons (Fsp3) is 0.353. The Morgan fingerprint density at radius 2 is 1.44 bits per heavy atom. The van der Waals surface area contributed by atoms with Crippen LogP contribution in [0.25, 0.3) is 33.6 Å². The Balaban J connectivity index is 1.20. The molecule has 6 rings (SSSR count). The predicted molar refractivity (Wildman–Crippen MR) is 182 cm³/mol. The zero-order chi connectivity index (χ0) is 33.8. The number of aromatic nitrogens is 4. The number of hydrogen-bond acceptors (Lipinski definition) is 10. The molecule has 1 saturated heterocycles. The molecule has 250 valence electrons. The first kappa shape index (κ1) is 33.5. The monoisotopic (exact) mass is 690 g/mol. The molecule has 5 N–H and O–H groups in total. The molecule has 14 heteroatoms. The van der Waals surface area contributed by atoms with E-state index >= 15 is 0 Å². The molecule has 1 atom stereocenters. The third kappa shape index (κ3) is 7.21. The van der Waals surface area contributed by atoms with Gasteiger partial charge in [-0.25, -0.2) is 9.97 Å². The predicted octanol–water partition coefficient (Wildman–Crippen LogP) is 4.31. The summed E-state index contributed by atoms with van der Waals surface area (Å²) in [5.74, 6) is 0.497. The summed E-state index contributed by atoms with van der Waals surface area (Å²) in [5, 5.41) is 10.6. The van der Waals surface area contributed by atoms with E-state index in [9.17, 15) is 9.59 Å². The molecule has 3 heterocycles. The molecule has 2 aromatic carbocycles. The highest BCUT2D eigenvalue weighted by atomic mass is 35.5. The molecule has 1 saturated carbocycles. The third-order valence-corrected chi connectivity index (χ3v) is 9.53. The first-order chi connectivity index (χ1) is 23.2. The maximum Gasteiger partial charge on any atom is 0.237 e. The minimum absolute atomic E-state index is 0.0783. The van der Waals surface area contributed by atoms with Gasteiger partial charge < -0.3 is 31.2 Å². The van der Waals surface area contributed by atoms with Gasteiger partial charge in [-0.1, -0.05) is 59.6 Å². The Labute approximate surface area is 288 Å². The Morgan fingerprint density at radius 1 is 0.896 bits per heavy atom. The maximum atomic E-state index is 11.5. The van der Waals surface area contributed by atoms with E-state index in [1.165, 1.54) is 0 Å². The number of nitrogens with one attached hydrogen (secondary N) is 3. The summed E-state index contributed by atoms with van der Waals surface area (Å²) >= 11 is 14.1. The first-order valence-corrected chi connectivity index (χ1v) is 16.4. The summed E-state index contributed by atoms with van der Waals surface area (Å²) in [6, 6.07) is 11.6. The molecule has 0 radical (unpaired) electrons. The van der Waals surface area contributed by atoms with Crippen molar-refractivity contribution in [3.8, 4) is 45.4 Å². The minimum atomic E-state index is -0.262. The number of methoxy groups -OCH3 is 2. The van der Waals surface area contributed by atoms with E-state index in [0.717, 1.165) is 6.42 Å². The molecule has 0 bridgehead atoms. The van der Waals surface area contributed by atoms with Crippen LogP contribution in [0.15, 0.2) is 48.8 Å². The number of primary amides is 1.